The van der Waals surface area contributed by atoms with Crippen molar-refractivity contribution >= 4 is 21.9 Å². The fourth-order valence-electron chi connectivity index (χ4n) is 2.14. The highest BCUT2D eigenvalue weighted by Crippen LogP contribution is 2.23. The van der Waals surface area contributed by atoms with E-state index >= 15 is 0 Å². The maximum atomic E-state index is 5.90. The Morgan fingerprint density at radius 2 is 1.81 bits per heavy atom. The lowest BCUT2D eigenvalue weighted by molar-refractivity contribution is 0.382. The molecule has 0 atom stereocenters. The summed E-state index contributed by atoms with van der Waals surface area (Å²) in [6, 6.07) is 0.913. The minimum atomic E-state index is 0.385. The van der Waals surface area contributed by atoms with Crippen molar-refractivity contribution in [2.24, 2.45) is 5.73 Å². The molecule has 1 aromatic heterocycles. The van der Waals surface area contributed by atoms with Crippen LogP contribution in [0.5, 0.6) is 0 Å². The van der Waals surface area contributed by atoms with Crippen molar-refractivity contribution in [2.45, 2.75) is 37.8 Å². The number of hydrogen-bond acceptors (Lipinski definition) is 4. The third-order valence-electron chi connectivity index (χ3n) is 3.21. The minimum Gasteiger partial charge on any atom is -0.341 e. The molecule has 1 aliphatic carbocycles. The van der Waals surface area contributed by atoms with E-state index in [0.29, 0.717) is 12.1 Å². The van der Waals surface area contributed by atoms with Crippen LogP contribution in [0.25, 0.3) is 0 Å². The van der Waals surface area contributed by atoms with Crippen molar-refractivity contribution < 1.29 is 0 Å². The average molecular weight is 285 g/mol. The molecule has 1 aliphatic rings. The van der Waals surface area contributed by atoms with E-state index in [2.05, 4.69) is 37.8 Å². The SMILES string of the molecule is CN(c1ncc(Br)cn1)C1CCC(N)CC1. The predicted octanol–water partition coefficient (Wildman–Crippen LogP) is 1.95. The molecule has 0 bridgehead atoms. The van der Waals surface area contributed by atoms with Crippen LogP contribution in [-0.2, 0) is 0 Å². The first-order valence-electron chi connectivity index (χ1n) is 5.63. The Hall–Kier alpha value is -0.680. The Balaban J connectivity index is 2.01. The summed E-state index contributed by atoms with van der Waals surface area (Å²) in [7, 11) is 2.06. The van der Waals surface area contributed by atoms with Gasteiger partial charge in [0.25, 0.3) is 0 Å². The standard InChI is InChI=1S/C11H17BrN4/c1-16(10-4-2-9(13)3-5-10)11-14-6-8(12)7-15-11/h6-7,9-10H,2-5,13H2,1H3. The molecule has 2 rings (SSSR count). The predicted molar refractivity (Wildman–Crippen MR) is 68.4 cm³/mol. The molecule has 1 fully saturated rings. The van der Waals surface area contributed by atoms with Crippen molar-refractivity contribution in [1.29, 1.82) is 0 Å². The fourth-order valence-corrected chi connectivity index (χ4v) is 2.34. The van der Waals surface area contributed by atoms with Crippen LogP contribution in [0.2, 0.25) is 0 Å². The van der Waals surface area contributed by atoms with Crippen molar-refractivity contribution in [3.8, 4) is 0 Å². The third kappa shape index (κ3) is 2.71. The maximum Gasteiger partial charge on any atom is 0.225 e. The summed E-state index contributed by atoms with van der Waals surface area (Å²) in [5.74, 6) is 0.795. The van der Waals surface area contributed by atoms with E-state index in [0.717, 1.165) is 36.1 Å². The molecular formula is C11H17BrN4. The van der Waals surface area contributed by atoms with Gasteiger partial charge < -0.3 is 10.6 Å². The molecule has 0 unspecified atom stereocenters. The third-order valence-corrected chi connectivity index (χ3v) is 3.62. The smallest absolute Gasteiger partial charge is 0.225 e. The average Bonchev–Trinajstić information content (AvgIpc) is 2.30. The van der Waals surface area contributed by atoms with Gasteiger partial charge in [-0.25, -0.2) is 9.97 Å². The van der Waals surface area contributed by atoms with E-state index in [9.17, 15) is 0 Å². The first-order valence-corrected chi connectivity index (χ1v) is 6.42. The summed E-state index contributed by atoms with van der Waals surface area (Å²) >= 11 is 3.34. The Kier molecular flexibility index (Phi) is 3.76. The number of nitrogens with two attached hydrogens (primary N) is 1. The van der Waals surface area contributed by atoms with E-state index in [1.165, 1.54) is 0 Å². The van der Waals surface area contributed by atoms with Crippen LogP contribution in [0, 0.1) is 0 Å². The zero-order valence-corrected chi connectivity index (χ0v) is 11.0. The number of nitrogens with zero attached hydrogens (tertiary/aromatic N) is 3. The Labute approximate surface area is 104 Å². The van der Waals surface area contributed by atoms with Crippen molar-refractivity contribution in [3.05, 3.63) is 16.9 Å². The van der Waals surface area contributed by atoms with Gasteiger partial charge in [0.2, 0.25) is 5.95 Å². The lowest BCUT2D eigenvalue weighted by atomic mass is 9.91. The molecule has 1 heterocycles. The summed E-state index contributed by atoms with van der Waals surface area (Å²) in [6.07, 6.45) is 8.05. The normalized spacial score (nSPS) is 25.4. The maximum absolute atomic E-state index is 5.90. The lowest BCUT2D eigenvalue weighted by Gasteiger charge is -2.33. The van der Waals surface area contributed by atoms with Crippen LogP contribution in [0.15, 0.2) is 16.9 Å². The topological polar surface area (TPSA) is 55.0 Å². The minimum absolute atomic E-state index is 0.385. The van der Waals surface area contributed by atoms with Crippen molar-refractivity contribution in [1.82, 2.24) is 9.97 Å². The molecule has 0 amide bonds. The summed E-state index contributed by atoms with van der Waals surface area (Å²) in [4.78, 5) is 10.8. The van der Waals surface area contributed by atoms with Gasteiger partial charge in [-0.1, -0.05) is 0 Å². The Bertz CT molecular complexity index is 332. The second-order valence-corrected chi connectivity index (χ2v) is 5.30. The summed E-state index contributed by atoms with van der Waals surface area (Å²) < 4.78 is 0.912. The van der Waals surface area contributed by atoms with Crippen molar-refractivity contribution in [2.75, 3.05) is 11.9 Å². The first kappa shape index (κ1) is 11.8. The van der Waals surface area contributed by atoms with Gasteiger partial charge in [0, 0.05) is 31.5 Å². The van der Waals surface area contributed by atoms with Gasteiger partial charge in [-0.05, 0) is 41.6 Å². The molecule has 0 aromatic carbocycles. The highest BCUT2D eigenvalue weighted by atomic mass is 79.9. The van der Waals surface area contributed by atoms with Crippen LogP contribution in [0.3, 0.4) is 0 Å². The zero-order valence-electron chi connectivity index (χ0n) is 9.43. The molecule has 16 heavy (non-hydrogen) atoms. The quantitative estimate of drug-likeness (QED) is 0.902. The van der Waals surface area contributed by atoms with Gasteiger partial charge in [-0.15, -0.1) is 0 Å². The molecule has 5 heteroatoms. The highest BCUT2D eigenvalue weighted by Gasteiger charge is 2.23. The Morgan fingerprint density at radius 3 is 2.38 bits per heavy atom. The molecule has 4 nitrogen and oxygen atoms in total. The molecule has 88 valence electrons. The summed E-state index contributed by atoms with van der Waals surface area (Å²) in [5, 5.41) is 0. The molecule has 0 radical (unpaired) electrons. The Morgan fingerprint density at radius 1 is 1.25 bits per heavy atom. The molecular weight excluding hydrogens is 268 g/mol. The first-order chi connectivity index (χ1) is 7.66. The number of aromatic nitrogens is 2. The molecule has 0 spiro atoms. The molecule has 2 N–H and O–H groups in total. The van der Waals surface area contributed by atoms with Crippen LogP contribution in [-0.4, -0.2) is 29.1 Å². The number of hydrogen-bond donors (Lipinski definition) is 1. The monoisotopic (exact) mass is 284 g/mol. The van der Waals surface area contributed by atoms with Crippen LogP contribution in [0.1, 0.15) is 25.7 Å². The highest BCUT2D eigenvalue weighted by molar-refractivity contribution is 9.10. The van der Waals surface area contributed by atoms with E-state index in [4.69, 9.17) is 5.73 Å². The second-order valence-electron chi connectivity index (χ2n) is 4.38. The molecule has 0 aliphatic heterocycles. The summed E-state index contributed by atoms with van der Waals surface area (Å²) in [5.41, 5.74) is 5.90. The number of rotatable bonds is 2. The van der Waals surface area contributed by atoms with Gasteiger partial charge in [0.15, 0.2) is 0 Å². The number of anilines is 1. The van der Waals surface area contributed by atoms with E-state index in [-0.39, 0.29) is 0 Å². The van der Waals surface area contributed by atoms with Crippen molar-refractivity contribution in [3.63, 3.8) is 0 Å². The molecule has 0 saturated heterocycles. The van der Waals surface area contributed by atoms with Gasteiger partial charge >= 0.3 is 0 Å². The summed E-state index contributed by atoms with van der Waals surface area (Å²) in [6.45, 7) is 0. The van der Waals surface area contributed by atoms with E-state index in [1.54, 1.807) is 12.4 Å². The van der Waals surface area contributed by atoms with Crippen LogP contribution >= 0.6 is 15.9 Å². The fraction of sp³-hybridized carbons (Fsp3) is 0.636. The number of halogens is 1. The van der Waals surface area contributed by atoms with Gasteiger partial charge in [0.05, 0.1) is 4.47 Å². The van der Waals surface area contributed by atoms with Crippen LogP contribution in [0.4, 0.5) is 5.95 Å². The van der Waals surface area contributed by atoms with Gasteiger partial charge in [0.1, 0.15) is 0 Å². The zero-order chi connectivity index (χ0) is 11.5. The van der Waals surface area contributed by atoms with Crippen LogP contribution < -0.4 is 10.6 Å². The molecule has 1 saturated carbocycles. The second kappa shape index (κ2) is 5.10. The van der Waals surface area contributed by atoms with Gasteiger partial charge in [-0.3, -0.25) is 0 Å². The molecule has 1 aromatic rings. The largest absolute Gasteiger partial charge is 0.341 e. The van der Waals surface area contributed by atoms with E-state index < -0.39 is 0 Å². The lowest BCUT2D eigenvalue weighted by Crippen LogP contribution is -2.39. The van der Waals surface area contributed by atoms with E-state index in [1.807, 2.05) is 0 Å². The van der Waals surface area contributed by atoms with Gasteiger partial charge in [-0.2, -0.15) is 0 Å².